The van der Waals surface area contributed by atoms with Crippen LogP contribution in [-0.4, -0.2) is 51.7 Å². The third-order valence-electron chi connectivity index (χ3n) is 3.90. The zero-order valence-corrected chi connectivity index (χ0v) is 14.9. The second-order valence-corrected chi connectivity index (χ2v) is 5.52. The van der Waals surface area contributed by atoms with Gasteiger partial charge in [0.2, 0.25) is 0 Å². The van der Waals surface area contributed by atoms with E-state index in [2.05, 4.69) is 29.2 Å². The lowest BCUT2D eigenvalue weighted by Crippen LogP contribution is -2.35. The summed E-state index contributed by atoms with van der Waals surface area (Å²) < 4.78 is 6.85. The van der Waals surface area contributed by atoms with Gasteiger partial charge in [0, 0.05) is 25.4 Å². The molecular weight excluding hydrogens is 338 g/mol. The fraction of sp³-hybridized carbons (Fsp3) is 0.412. The number of ether oxygens (including phenoxy) is 1. The molecule has 0 atom stereocenters. The van der Waals surface area contributed by atoms with E-state index in [1.165, 1.54) is 16.8 Å². The van der Waals surface area contributed by atoms with Crippen LogP contribution in [0.25, 0.3) is 0 Å². The van der Waals surface area contributed by atoms with Gasteiger partial charge in [-0.2, -0.15) is 5.10 Å². The van der Waals surface area contributed by atoms with Crippen molar-refractivity contribution in [2.45, 2.75) is 20.6 Å². The summed E-state index contributed by atoms with van der Waals surface area (Å²) >= 11 is 0. The Morgan fingerprint density at radius 2 is 2.04 bits per heavy atom. The van der Waals surface area contributed by atoms with Gasteiger partial charge in [0.05, 0.1) is 4.92 Å². The summed E-state index contributed by atoms with van der Waals surface area (Å²) in [5, 5.41) is 17.9. The number of nitrogens with zero attached hydrogens (tertiary/aromatic N) is 4. The SMILES string of the molecule is CCN(CC)CCNC(=O)c1ccn(COc2ccccc2[N+](=O)[O-])n1. The molecule has 2 rings (SSSR count). The Balaban J connectivity index is 1.88. The first kappa shape index (κ1) is 19.4. The number of carbonyl (C=O) groups is 1. The highest BCUT2D eigenvalue weighted by molar-refractivity contribution is 5.92. The molecule has 0 aliphatic rings. The van der Waals surface area contributed by atoms with Crippen molar-refractivity contribution in [3.05, 3.63) is 52.3 Å². The van der Waals surface area contributed by atoms with E-state index in [0.717, 1.165) is 19.6 Å². The van der Waals surface area contributed by atoms with Gasteiger partial charge in [-0.15, -0.1) is 0 Å². The van der Waals surface area contributed by atoms with E-state index in [1.807, 2.05) is 0 Å². The van der Waals surface area contributed by atoms with E-state index in [0.29, 0.717) is 6.54 Å². The fourth-order valence-electron chi connectivity index (χ4n) is 2.38. The highest BCUT2D eigenvalue weighted by Gasteiger charge is 2.14. The van der Waals surface area contributed by atoms with Gasteiger partial charge in [0.1, 0.15) is 5.69 Å². The van der Waals surface area contributed by atoms with Crippen molar-refractivity contribution in [2.24, 2.45) is 0 Å². The first-order valence-corrected chi connectivity index (χ1v) is 8.45. The number of hydrogen-bond acceptors (Lipinski definition) is 6. The molecule has 1 amide bonds. The molecule has 9 nitrogen and oxygen atoms in total. The van der Waals surface area contributed by atoms with Crippen LogP contribution in [0.3, 0.4) is 0 Å². The maximum atomic E-state index is 12.1. The van der Waals surface area contributed by atoms with Crippen LogP contribution in [0, 0.1) is 10.1 Å². The molecule has 9 heteroatoms. The van der Waals surface area contributed by atoms with Gasteiger partial charge < -0.3 is 15.0 Å². The van der Waals surface area contributed by atoms with Crippen molar-refractivity contribution in [3.8, 4) is 5.75 Å². The molecule has 0 aliphatic heterocycles. The Morgan fingerprint density at radius 1 is 1.31 bits per heavy atom. The van der Waals surface area contributed by atoms with Crippen molar-refractivity contribution in [1.29, 1.82) is 0 Å². The predicted molar refractivity (Wildman–Crippen MR) is 96.1 cm³/mol. The Morgan fingerprint density at radius 3 is 2.73 bits per heavy atom. The molecule has 0 radical (unpaired) electrons. The number of nitrogens with one attached hydrogen (secondary N) is 1. The first-order chi connectivity index (χ1) is 12.5. The Labute approximate surface area is 151 Å². The molecule has 1 heterocycles. The highest BCUT2D eigenvalue weighted by Crippen LogP contribution is 2.25. The minimum absolute atomic E-state index is 0.0302. The quantitative estimate of drug-likeness (QED) is 0.512. The molecule has 0 spiro atoms. The third kappa shape index (κ3) is 5.28. The van der Waals surface area contributed by atoms with Crippen molar-refractivity contribution < 1.29 is 14.5 Å². The first-order valence-electron chi connectivity index (χ1n) is 8.45. The molecule has 1 aromatic heterocycles. The largest absolute Gasteiger partial charge is 0.464 e. The second-order valence-electron chi connectivity index (χ2n) is 5.52. The van der Waals surface area contributed by atoms with E-state index in [1.54, 1.807) is 24.4 Å². The van der Waals surface area contributed by atoms with Crippen molar-refractivity contribution in [2.75, 3.05) is 26.2 Å². The van der Waals surface area contributed by atoms with Crippen LogP contribution in [0.4, 0.5) is 5.69 Å². The summed E-state index contributed by atoms with van der Waals surface area (Å²) in [6.45, 7) is 7.31. The Hall–Kier alpha value is -2.94. The molecule has 1 N–H and O–H groups in total. The number of rotatable bonds is 10. The summed E-state index contributed by atoms with van der Waals surface area (Å²) in [5.41, 5.74) is 0.157. The molecule has 0 saturated heterocycles. The van der Waals surface area contributed by atoms with Crippen LogP contribution < -0.4 is 10.1 Å². The van der Waals surface area contributed by atoms with E-state index in [-0.39, 0.29) is 29.8 Å². The van der Waals surface area contributed by atoms with Crippen LogP contribution in [-0.2, 0) is 6.73 Å². The van der Waals surface area contributed by atoms with Gasteiger partial charge in [-0.25, -0.2) is 4.68 Å². The van der Waals surface area contributed by atoms with E-state index >= 15 is 0 Å². The highest BCUT2D eigenvalue weighted by atomic mass is 16.6. The number of amides is 1. The number of likely N-dealkylation sites (N-methyl/N-ethyl adjacent to an activating group) is 1. The van der Waals surface area contributed by atoms with Crippen LogP contribution in [0.15, 0.2) is 36.5 Å². The van der Waals surface area contributed by atoms with Gasteiger partial charge >= 0.3 is 5.69 Å². The maximum absolute atomic E-state index is 12.1. The zero-order valence-electron chi connectivity index (χ0n) is 14.9. The lowest BCUT2D eigenvalue weighted by atomic mass is 10.3. The number of para-hydroxylation sites is 2. The lowest BCUT2D eigenvalue weighted by molar-refractivity contribution is -0.386. The number of carbonyl (C=O) groups excluding carboxylic acids is 1. The minimum Gasteiger partial charge on any atom is -0.464 e. The van der Waals surface area contributed by atoms with Gasteiger partial charge in [-0.3, -0.25) is 14.9 Å². The molecule has 0 unspecified atom stereocenters. The van der Waals surface area contributed by atoms with Crippen LogP contribution in [0.5, 0.6) is 5.75 Å². The lowest BCUT2D eigenvalue weighted by Gasteiger charge is -2.17. The van der Waals surface area contributed by atoms with Crippen LogP contribution in [0.2, 0.25) is 0 Å². The van der Waals surface area contributed by atoms with Gasteiger partial charge in [-0.05, 0) is 25.2 Å². The molecule has 0 aliphatic carbocycles. The van der Waals surface area contributed by atoms with Gasteiger partial charge in [0.25, 0.3) is 5.91 Å². The van der Waals surface area contributed by atoms with Crippen molar-refractivity contribution in [1.82, 2.24) is 20.0 Å². The smallest absolute Gasteiger partial charge is 0.311 e. The average Bonchev–Trinajstić information content (AvgIpc) is 3.12. The third-order valence-corrected chi connectivity index (χ3v) is 3.90. The van der Waals surface area contributed by atoms with E-state index < -0.39 is 4.92 Å². The van der Waals surface area contributed by atoms with Crippen LogP contribution >= 0.6 is 0 Å². The molecule has 0 bridgehead atoms. The molecular formula is C17H23N5O4. The predicted octanol–water partition coefficient (Wildman–Crippen LogP) is 1.90. The van der Waals surface area contributed by atoms with Crippen molar-refractivity contribution >= 4 is 11.6 Å². The molecule has 140 valence electrons. The summed E-state index contributed by atoms with van der Waals surface area (Å²) in [4.78, 5) is 24.8. The Kier molecular flexibility index (Phi) is 7.10. The second kappa shape index (κ2) is 9.52. The Bertz CT molecular complexity index is 742. The molecule has 26 heavy (non-hydrogen) atoms. The minimum atomic E-state index is -0.507. The molecule has 0 saturated carbocycles. The number of nitro benzene ring substituents is 1. The summed E-state index contributed by atoms with van der Waals surface area (Å²) in [5.74, 6) is -0.111. The van der Waals surface area contributed by atoms with Crippen molar-refractivity contribution in [3.63, 3.8) is 0 Å². The van der Waals surface area contributed by atoms with Gasteiger partial charge in [0.15, 0.2) is 12.5 Å². The van der Waals surface area contributed by atoms with Gasteiger partial charge in [-0.1, -0.05) is 26.0 Å². The summed E-state index contributed by atoms with van der Waals surface area (Å²) in [7, 11) is 0. The van der Waals surface area contributed by atoms with E-state index in [9.17, 15) is 14.9 Å². The standard InChI is InChI=1S/C17H23N5O4/c1-3-20(4-2)12-10-18-17(23)14-9-11-21(19-14)13-26-16-8-6-5-7-15(16)22(24)25/h5-9,11H,3-4,10,12-13H2,1-2H3,(H,18,23). The summed E-state index contributed by atoms with van der Waals surface area (Å²) in [6.07, 6.45) is 1.59. The molecule has 0 fully saturated rings. The molecule has 1 aromatic carbocycles. The topological polar surface area (TPSA) is 103 Å². The fourth-order valence-corrected chi connectivity index (χ4v) is 2.38. The summed E-state index contributed by atoms with van der Waals surface area (Å²) in [6, 6.07) is 7.69. The number of benzene rings is 1. The number of hydrogen-bond donors (Lipinski definition) is 1. The number of nitro groups is 1. The monoisotopic (exact) mass is 361 g/mol. The number of aromatic nitrogens is 2. The zero-order chi connectivity index (χ0) is 18.9. The molecule has 2 aromatic rings. The maximum Gasteiger partial charge on any atom is 0.311 e. The normalized spacial score (nSPS) is 10.7. The van der Waals surface area contributed by atoms with Crippen LogP contribution in [0.1, 0.15) is 24.3 Å². The average molecular weight is 361 g/mol. The van der Waals surface area contributed by atoms with E-state index in [4.69, 9.17) is 4.74 Å².